The van der Waals surface area contributed by atoms with Gasteiger partial charge in [0.25, 0.3) is 0 Å². The molecule has 0 aliphatic heterocycles. The van der Waals surface area contributed by atoms with E-state index in [4.69, 9.17) is 0 Å². The first-order chi connectivity index (χ1) is 10.6. The monoisotopic (exact) mass is 324 g/mol. The van der Waals surface area contributed by atoms with Gasteiger partial charge in [-0.2, -0.15) is 0 Å². The van der Waals surface area contributed by atoms with Gasteiger partial charge in [0.05, 0.1) is 10.6 Å². The Morgan fingerprint density at radius 3 is 2.23 bits per heavy atom. The standard InChI is InChI=1S/C18H28O3S/c1-2-3-4-5-6-8-11-17(16-19)14-15-22(20,21)18-12-9-7-10-13-18/h7,9-10,12-13,16-17H,2-6,8,11,14-15H2,1H3. The molecule has 0 saturated heterocycles. The third kappa shape index (κ3) is 7.21. The van der Waals surface area contributed by atoms with E-state index in [2.05, 4.69) is 6.92 Å². The predicted octanol–water partition coefficient (Wildman–Crippen LogP) is 4.42. The highest BCUT2D eigenvalue weighted by Crippen LogP contribution is 2.17. The number of aldehydes is 1. The van der Waals surface area contributed by atoms with Crippen LogP contribution in [0, 0.1) is 5.92 Å². The van der Waals surface area contributed by atoms with Crippen molar-refractivity contribution >= 4 is 16.1 Å². The van der Waals surface area contributed by atoms with E-state index in [-0.39, 0.29) is 11.7 Å². The Balaban J connectivity index is 2.33. The summed E-state index contributed by atoms with van der Waals surface area (Å²) in [6.07, 6.45) is 9.27. The second-order valence-corrected chi connectivity index (χ2v) is 7.98. The van der Waals surface area contributed by atoms with Crippen LogP contribution >= 0.6 is 0 Å². The Morgan fingerprint density at radius 1 is 0.955 bits per heavy atom. The van der Waals surface area contributed by atoms with Crippen molar-refractivity contribution in [3.63, 3.8) is 0 Å². The molecular weight excluding hydrogens is 296 g/mol. The summed E-state index contributed by atoms with van der Waals surface area (Å²) in [4.78, 5) is 11.5. The first-order valence-electron chi connectivity index (χ1n) is 8.33. The van der Waals surface area contributed by atoms with Crippen molar-refractivity contribution < 1.29 is 13.2 Å². The fourth-order valence-corrected chi connectivity index (χ4v) is 3.94. The van der Waals surface area contributed by atoms with Gasteiger partial charge in [0.1, 0.15) is 6.29 Å². The molecule has 1 aromatic carbocycles. The highest BCUT2D eigenvalue weighted by molar-refractivity contribution is 7.91. The molecule has 1 aromatic rings. The van der Waals surface area contributed by atoms with E-state index in [1.165, 1.54) is 25.7 Å². The highest BCUT2D eigenvalue weighted by atomic mass is 32.2. The lowest BCUT2D eigenvalue weighted by Crippen LogP contribution is -2.12. The summed E-state index contributed by atoms with van der Waals surface area (Å²) in [6, 6.07) is 8.46. The van der Waals surface area contributed by atoms with Gasteiger partial charge in [-0.3, -0.25) is 0 Å². The molecule has 0 bridgehead atoms. The number of hydrogen-bond acceptors (Lipinski definition) is 3. The van der Waals surface area contributed by atoms with Gasteiger partial charge < -0.3 is 4.79 Å². The maximum Gasteiger partial charge on any atom is 0.178 e. The summed E-state index contributed by atoms with van der Waals surface area (Å²) < 4.78 is 24.4. The van der Waals surface area contributed by atoms with Gasteiger partial charge in [0, 0.05) is 5.92 Å². The normalized spacial score (nSPS) is 13.0. The van der Waals surface area contributed by atoms with E-state index < -0.39 is 9.84 Å². The van der Waals surface area contributed by atoms with Crippen LogP contribution in [0.2, 0.25) is 0 Å². The number of sulfone groups is 1. The Bertz CT molecular complexity index is 508. The third-order valence-corrected chi connectivity index (χ3v) is 5.74. The van der Waals surface area contributed by atoms with Crippen LogP contribution in [0.25, 0.3) is 0 Å². The minimum atomic E-state index is -3.27. The number of hydrogen-bond donors (Lipinski definition) is 0. The van der Waals surface area contributed by atoms with Crippen LogP contribution in [-0.2, 0) is 14.6 Å². The zero-order valence-corrected chi connectivity index (χ0v) is 14.4. The molecule has 0 aliphatic carbocycles. The molecule has 1 atom stereocenters. The molecule has 0 amide bonds. The van der Waals surface area contributed by atoms with Crippen molar-refractivity contribution in [2.24, 2.45) is 5.92 Å². The van der Waals surface area contributed by atoms with Gasteiger partial charge in [0.2, 0.25) is 0 Å². The summed E-state index contributed by atoms with van der Waals surface area (Å²) in [5, 5.41) is 0. The number of unbranched alkanes of at least 4 members (excludes halogenated alkanes) is 5. The molecule has 0 aliphatic rings. The molecule has 0 fully saturated rings. The Labute approximate surface area is 135 Å². The van der Waals surface area contributed by atoms with Crippen LogP contribution in [0.3, 0.4) is 0 Å². The van der Waals surface area contributed by atoms with Crippen LogP contribution in [0.1, 0.15) is 58.3 Å². The van der Waals surface area contributed by atoms with E-state index in [1.54, 1.807) is 30.3 Å². The average molecular weight is 324 g/mol. The predicted molar refractivity (Wildman–Crippen MR) is 90.7 cm³/mol. The third-order valence-electron chi connectivity index (χ3n) is 3.98. The maximum absolute atomic E-state index is 12.2. The van der Waals surface area contributed by atoms with Crippen molar-refractivity contribution in [2.45, 2.75) is 63.2 Å². The van der Waals surface area contributed by atoms with Crippen molar-refractivity contribution in [3.05, 3.63) is 30.3 Å². The van der Waals surface area contributed by atoms with E-state index in [1.807, 2.05) is 0 Å². The number of carbonyl (C=O) groups is 1. The summed E-state index contributed by atoms with van der Waals surface area (Å²) in [5.41, 5.74) is 0. The lowest BCUT2D eigenvalue weighted by molar-refractivity contribution is -0.111. The van der Waals surface area contributed by atoms with Gasteiger partial charge in [-0.25, -0.2) is 8.42 Å². The molecule has 0 saturated carbocycles. The van der Waals surface area contributed by atoms with Crippen molar-refractivity contribution in [3.8, 4) is 0 Å². The molecule has 0 radical (unpaired) electrons. The smallest absolute Gasteiger partial charge is 0.178 e. The maximum atomic E-state index is 12.2. The minimum absolute atomic E-state index is 0.0518. The lowest BCUT2D eigenvalue weighted by atomic mass is 9.99. The van der Waals surface area contributed by atoms with Crippen molar-refractivity contribution in [1.29, 1.82) is 0 Å². The molecule has 4 heteroatoms. The Kier molecular flexibility index (Phi) is 9.05. The molecule has 22 heavy (non-hydrogen) atoms. The van der Waals surface area contributed by atoms with Gasteiger partial charge >= 0.3 is 0 Å². The molecule has 0 aromatic heterocycles. The summed E-state index contributed by atoms with van der Waals surface area (Å²) in [5.74, 6) is -0.0827. The molecule has 1 unspecified atom stereocenters. The average Bonchev–Trinajstić information content (AvgIpc) is 2.54. The van der Waals surface area contributed by atoms with Crippen LogP contribution in [0.4, 0.5) is 0 Å². The number of benzene rings is 1. The summed E-state index contributed by atoms with van der Waals surface area (Å²) >= 11 is 0. The van der Waals surface area contributed by atoms with Crippen molar-refractivity contribution in [2.75, 3.05) is 5.75 Å². The zero-order chi connectivity index (χ0) is 16.3. The van der Waals surface area contributed by atoms with E-state index in [9.17, 15) is 13.2 Å². The zero-order valence-electron chi connectivity index (χ0n) is 13.5. The van der Waals surface area contributed by atoms with E-state index in [0.29, 0.717) is 11.3 Å². The fraction of sp³-hybridized carbons (Fsp3) is 0.611. The van der Waals surface area contributed by atoms with Gasteiger partial charge in [-0.1, -0.05) is 63.6 Å². The summed E-state index contributed by atoms with van der Waals surface area (Å²) in [6.45, 7) is 2.19. The SMILES string of the molecule is CCCCCCCCC(C=O)CCS(=O)(=O)c1ccccc1. The lowest BCUT2D eigenvalue weighted by Gasteiger charge is -2.10. The largest absolute Gasteiger partial charge is 0.303 e. The molecular formula is C18H28O3S. The quantitative estimate of drug-likeness (QED) is 0.422. The van der Waals surface area contributed by atoms with Gasteiger partial charge in [-0.05, 0) is 25.0 Å². The molecule has 3 nitrogen and oxygen atoms in total. The van der Waals surface area contributed by atoms with Crippen LogP contribution in [0.5, 0.6) is 0 Å². The Morgan fingerprint density at radius 2 is 1.59 bits per heavy atom. The Hall–Kier alpha value is -1.16. The van der Waals surface area contributed by atoms with Crippen LogP contribution in [0.15, 0.2) is 35.2 Å². The van der Waals surface area contributed by atoms with Crippen molar-refractivity contribution in [1.82, 2.24) is 0 Å². The second-order valence-electron chi connectivity index (χ2n) is 5.87. The number of rotatable bonds is 12. The first-order valence-corrected chi connectivity index (χ1v) is 9.98. The minimum Gasteiger partial charge on any atom is -0.303 e. The molecule has 0 spiro atoms. The van der Waals surface area contributed by atoms with E-state index in [0.717, 1.165) is 25.5 Å². The molecule has 0 heterocycles. The van der Waals surface area contributed by atoms with Crippen LogP contribution in [-0.4, -0.2) is 20.5 Å². The van der Waals surface area contributed by atoms with Gasteiger partial charge in [-0.15, -0.1) is 0 Å². The molecule has 0 N–H and O–H groups in total. The van der Waals surface area contributed by atoms with E-state index >= 15 is 0 Å². The second kappa shape index (κ2) is 10.5. The fourth-order valence-electron chi connectivity index (χ4n) is 2.52. The van der Waals surface area contributed by atoms with Crippen LogP contribution < -0.4 is 0 Å². The molecule has 1 rings (SSSR count). The van der Waals surface area contributed by atoms with Gasteiger partial charge in [0.15, 0.2) is 9.84 Å². The highest BCUT2D eigenvalue weighted by Gasteiger charge is 2.17. The first kappa shape index (κ1) is 18.9. The number of carbonyl (C=O) groups excluding carboxylic acids is 1. The molecule has 124 valence electrons. The summed E-state index contributed by atoms with van der Waals surface area (Å²) in [7, 11) is -3.27. The topological polar surface area (TPSA) is 51.2 Å².